The van der Waals surface area contributed by atoms with Crippen molar-refractivity contribution in [1.82, 2.24) is 15.1 Å². The van der Waals surface area contributed by atoms with Gasteiger partial charge >= 0.3 is 0 Å². The van der Waals surface area contributed by atoms with Crippen LogP contribution in [0.5, 0.6) is 5.88 Å². The molecule has 1 heterocycles. The van der Waals surface area contributed by atoms with Gasteiger partial charge in [0.2, 0.25) is 5.88 Å². The molecule has 5 nitrogen and oxygen atoms in total. The Morgan fingerprint density at radius 3 is 2.75 bits per heavy atom. The molecule has 2 N–H and O–H groups in total. The second-order valence-corrected chi connectivity index (χ2v) is 5.71. The fourth-order valence-electron chi connectivity index (χ4n) is 1.85. The fourth-order valence-corrected chi connectivity index (χ4v) is 1.85. The Morgan fingerprint density at radius 2 is 2.20 bits per heavy atom. The van der Waals surface area contributed by atoms with Crippen LogP contribution < -0.4 is 10.1 Å². The van der Waals surface area contributed by atoms with Gasteiger partial charge in [-0.05, 0) is 19.8 Å². The summed E-state index contributed by atoms with van der Waals surface area (Å²) in [5, 5.41) is 17.9. The minimum absolute atomic E-state index is 0.196. The molecule has 0 amide bonds. The number of aromatic nitrogens is 2. The number of hydrogen-bond acceptors (Lipinski definition) is 4. The summed E-state index contributed by atoms with van der Waals surface area (Å²) in [5.74, 6) is 0.945. The number of ether oxygens (including phenoxy) is 1. The van der Waals surface area contributed by atoms with Crippen molar-refractivity contribution in [1.29, 1.82) is 0 Å². The Morgan fingerprint density at radius 1 is 1.55 bits per heavy atom. The minimum atomic E-state index is -0.724. The molecule has 20 heavy (non-hydrogen) atoms. The first-order valence-corrected chi connectivity index (χ1v) is 6.98. The lowest BCUT2D eigenvalue weighted by molar-refractivity contribution is 0.0139. The van der Waals surface area contributed by atoms with Crippen LogP contribution in [0.15, 0.2) is 12.7 Å². The molecule has 0 saturated carbocycles. The van der Waals surface area contributed by atoms with Gasteiger partial charge in [0.25, 0.3) is 0 Å². The zero-order valence-corrected chi connectivity index (χ0v) is 13.2. The molecule has 114 valence electrons. The number of nitrogens with zero attached hydrogens (tertiary/aromatic N) is 2. The van der Waals surface area contributed by atoms with Gasteiger partial charge < -0.3 is 15.2 Å². The number of rotatable bonds is 8. The van der Waals surface area contributed by atoms with Gasteiger partial charge in [0, 0.05) is 20.1 Å². The third-order valence-electron chi connectivity index (χ3n) is 3.66. The van der Waals surface area contributed by atoms with Crippen LogP contribution in [-0.4, -0.2) is 33.6 Å². The summed E-state index contributed by atoms with van der Waals surface area (Å²) < 4.78 is 7.38. The van der Waals surface area contributed by atoms with Gasteiger partial charge in [-0.1, -0.05) is 26.5 Å². The van der Waals surface area contributed by atoms with E-state index in [0.29, 0.717) is 19.7 Å². The molecule has 0 aliphatic heterocycles. The largest absolute Gasteiger partial charge is 0.473 e. The molecule has 1 aromatic heterocycles. The highest BCUT2D eigenvalue weighted by atomic mass is 16.5. The monoisotopic (exact) mass is 281 g/mol. The maximum atomic E-state index is 10.2. The Balaban J connectivity index is 2.70. The van der Waals surface area contributed by atoms with Gasteiger partial charge in [0.05, 0.1) is 16.9 Å². The summed E-state index contributed by atoms with van der Waals surface area (Å²) in [6.07, 6.45) is 1.71. The molecule has 0 radical (unpaired) electrons. The molecule has 0 aliphatic rings. The molecule has 0 saturated heterocycles. The second-order valence-electron chi connectivity index (χ2n) is 5.71. The third-order valence-corrected chi connectivity index (χ3v) is 3.66. The van der Waals surface area contributed by atoms with E-state index < -0.39 is 5.60 Å². The predicted molar refractivity (Wildman–Crippen MR) is 80.8 cm³/mol. The molecule has 0 aromatic carbocycles. The van der Waals surface area contributed by atoms with Crippen LogP contribution in [0.25, 0.3) is 0 Å². The second kappa shape index (κ2) is 6.90. The van der Waals surface area contributed by atoms with Crippen molar-refractivity contribution in [2.24, 2.45) is 13.0 Å². The Labute approximate surface area is 121 Å². The minimum Gasteiger partial charge on any atom is -0.473 e. The van der Waals surface area contributed by atoms with Crippen molar-refractivity contribution < 1.29 is 9.84 Å². The standard InChI is InChI=1S/C15H27N3O2/c1-7-8-20-14-13(12(4)17-18(14)6)9-16-10-15(5,19)11(2)3/h7,11,16,19H,1,8-10H2,2-6H3. The summed E-state index contributed by atoms with van der Waals surface area (Å²) in [5.41, 5.74) is 1.23. The van der Waals surface area contributed by atoms with Crippen LogP contribution >= 0.6 is 0 Å². The number of aliphatic hydroxyl groups is 1. The van der Waals surface area contributed by atoms with Crippen LogP contribution in [0.4, 0.5) is 0 Å². The highest BCUT2D eigenvalue weighted by molar-refractivity contribution is 5.31. The smallest absolute Gasteiger partial charge is 0.216 e. The molecular weight excluding hydrogens is 254 g/mol. The molecule has 5 heteroatoms. The molecule has 0 spiro atoms. The lowest BCUT2D eigenvalue weighted by Crippen LogP contribution is -2.42. The van der Waals surface area contributed by atoms with Gasteiger partial charge in [-0.25, -0.2) is 4.68 Å². The first-order valence-electron chi connectivity index (χ1n) is 6.98. The maximum Gasteiger partial charge on any atom is 0.216 e. The normalized spacial score (nSPS) is 14.3. The van der Waals surface area contributed by atoms with Crippen LogP contribution in [0.3, 0.4) is 0 Å². The van der Waals surface area contributed by atoms with Crippen LogP contribution in [0, 0.1) is 12.8 Å². The van der Waals surface area contributed by atoms with E-state index in [1.807, 2.05) is 34.7 Å². The van der Waals surface area contributed by atoms with E-state index >= 15 is 0 Å². The first-order chi connectivity index (χ1) is 9.29. The van der Waals surface area contributed by atoms with Gasteiger partial charge in [0.1, 0.15) is 6.61 Å². The molecule has 0 fully saturated rings. The molecule has 1 rings (SSSR count). The first kappa shape index (κ1) is 16.7. The predicted octanol–water partition coefficient (Wildman–Crippen LogP) is 1.79. The SMILES string of the molecule is C=CCOc1c(CNCC(C)(O)C(C)C)c(C)nn1C. The Bertz CT molecular complexity index is 450. The zero-order valence-electron chi connectivity index (χ0n) is 13.2. The Kier molecular flexibility index (Phi) is 5.77. The number of aryl methyl sites for hydroxylation is 2. The van der Waals surface area contributed by atoms with Crippen molar-refractivity contribution in [3.8, 4) is 5.88 Å². The Hall–Kier alpha value is -1.33. The maximum absolute atomic E-state index is 10.2. The summed E-state index contributed by atoms with van der Waals surface area (Å²) in [6.45, 7) is 13.1. The van der Waals surface area contributed by atoms with Crippen LogP contribution in [-0.2, 0) is 13.6 Å². The number of nitrogens with one attached hydrogen (secondary N) is 1. The van der Waals surface area contributed by atoms with Crippen LogP contribution in [0.2, 0.25) is 0 Å². The van der Waals surface area contributed by atoms with E-state index in [0.717, 1.165) is 17.1 Å². The van der Waals surface area contributed by atoms with Crippen molar-refractivity contribution >= 4 is 0 Å². The van der Waals surface area contributed by atoms with Gasteiger partial charge in [-0.3, -0.25) is 0 Å². The molecular formula is C15H27N3O2. The molecule has 0 aliphatic carbocycles. The third kappa shape index (κ3) is 4.08. The van der Waals surface area contributed by atoms with E-state index in [1.54, 1.807) is 10.8 Å². The quantitative estimate of drug-likeness (QED) is 0.713. The fraction of sp³-hybridized carbons (Fsp3) is 0.667. The molecule has 1 unspecified atom stereocenters. The summed E-state index contributed by atoms with van der Waals surface area (Å²) in [4.78, 5) is 0. The molecule has 1 atom stereocenters. The number of hydrogen-bond donors (Lipinski definition) is 2. The molecule has 1 aromatic rings. The van der Waals surface area contributed by atoms with Crippen molar-refractivity contribution in [2.75, 3.05) is 13.2 Å². The van der Waals surface area contributed by atoms with Gasteiger partial charge in [-0.15, -0.1) is 0 Å². The summed E-state index contributed by atoms with van der Waals surface area (Å²) in [6, 6.07) is 0. The van der Waals surface area contributed by atoms with Crippen molar-refractivity contribution in [3.05, 3.63) is 23.9 Å². The lowest BCUT2D eigenvalue weighted by atomic mass is 9.92. The van der Waals surface area contributed by atoms with E-state index in [-0.39, 0.29) is 5.92 Å². The van der Waals surface area contributed by atoms with Crippen molar-refractivity contribution in [3.63, 3.8) is 0 Å². The highest BCUT2D eigenvalue weighted by Gasteiger charge is 2.24. The van der Waals surface area contributed by atoms with Crippen molar-refractivity contribution in [2.45, 2.75) is 39.8 Å². The van der Waals surface area contributed by atoms with Gasteiger partial charge in [0.15, 0.2) is 0 Å². The topological polar surface area (TPSA) is 59.3 Å². The zero-order chi connectivity index (χ0) is 15.3. The van der Waals surface area contributed by atoms with E-state index in [1.165, 1.54) is 0 Å². The van der Waals surface area contributed by atoms with E-state index in [2.05, 4.69) is 17.0 Å². The van der Waals surface area contributed by atoms with Gasteiger partial charge in [-0.2, -0.15) is 5.10 Å². The highest BCUT2D eigenvalue weighted by Crippen LogP contribution is 2.22. The summed E-state index contributed by atoms with van der Waals surface area (Å²) in [7, 11) is 1.86. The molecule has 0 bridgehead atoms. The average Bonchev–Trinajstić information content (AvgIpc) is 2.61. The van der Waals surface area contributed by atoms with E-state index in [9.17, 15) is 5.11 Å². The average molecular weight is 281 g/mol. The van der Waals surface area contributed by atoms with Crippen LogP contribution in [0.1, 0.15) is 32.0 Å². The van der Waals surface area contributed by atoms with E-state index in [4.69, 9.17) is 4.74 Å². The summed E-state index contributed by atoms with van der Waals surface area (Å²) >= 11 is 0. The lowest BCUT2D eigenvalue weighted by Gasteiger charge is -2.28.